The van der Waals surface area contributed by atoms with Gasteiger partial charge in [-0.15, -0.1) is 24.8 Å². The van der Waals surface area contributed by atoms with Gasteiger partial charge in [-0.25, -0.2) is 4.98 Å². The molecule has 0 radical (unpaired) electrons. The van der Waals surface area contributed by atoms with E-state index in [4.69, 9.17) is 0 Å². The molecule has 7 heteroatoms. The highest BCUT2D eigenvalue weighted by Gasteiger charge is 2.27. The zero-order chi connectivity index (χ0) is 13.0. The third kappa shape index (κ3) is 4.88. The van der Waals surface area contributed by atoms with Gasteiger partial charge in [-0.05, 0) is 47.4 Å². The van der Waals surface area contributed by atoms with Gasteiger partial charge in [-0.1, -0.05) is 6.92 Å². The first-order valence-electron chi connectivity index (χ1n) is 6.35. The number of amides is 1. The summed E-state index contributed by atoms with van der Waals surface area (Å²) in [5.74, 6) is 0.0399. The van der Waals surface area contributed by atoms with Crippen LogP contribution in [0, 0.1) is 0 Å². The number of aromatic nitrogens is 1. The fourth-order valence-electron chi connectivity index (χ4n) is 2.25. The van der Waals surface area contributed by atoms with Gasteiger partial charge in [0.25, 0.3) is 5.91 Å². The molecule has 1 N–H and O–H groups in total. The predicted octanol–water partition coefficient (Wildman–Crippen LogP) is 2.90. The summed E-state index contributed by atoms with van der Waals surface area (Å²) in [5.41, 5.74) is 0.526. The lowest BCUT2D eigenvalue weighted by Gasteiger charge is -2.27. The Morgan fingerprint density at radius 3 is 2.75 bits per heavy atom. The van der Waals surface area contributed by atoms with Crippen molar-refractivity contribution in [1.29, 1.82) is 0 Å². The van der Waals surface area contributed by atoms with Crippen LogP contribution in [-0.2, 0) is 0 Å². The Bertz CT molecular complexity index is 411. The first kappa shape index (κ1) is 19.6. The SMILES string of the molecule is CCCN(C(=O)c1ccc(Br)cn1)C1CCNC1.Cl.Cl. The van der Waals surface area contributed by atoms with Crippen molar-refractivity contribution < 1.29 is 4.79 Å². The highest BCUT2D eigenvalue weighted by Crippen LogP contribution is 2.14. The Labute approximate surface area is 140 Å². The Morgan fingerprint density at radius 2 is 2.25 bits per heavy atom. The molecule has 1 atom stereocenters. The molecule has 1 aliphatic rings. The molecule has 1 aliphatic heterocycles. The highest BCUT2D eigenvalue weighted by atomic mass is 79.9. The molecule has 1 unspecified atom stereocenters. The van der Waals surface area contributed by atoms with Crippen molar-refractivity contribution in [2.24, 2.45) is 0 Å². The van der Waals surface area contributed by atoms with Crippen LogP contribution in [-0.4, -0.2) is 41.5 Å². The first-order chi connectivity index (χ1) is 8.72. The lowest BCUT2D eigenvalue weighted by Crippen LogP contribution is -2.42. The zero-order valence-corrected chi connectivity index (χ0v) is 14.6. The van der Waals surface area contributed by atoms with E-state index in [9.17, 15) is 4.79 Å². The zero-order valence-electron chi connectivity index (χ0n) is 11.3. The molecule has 1 aromatic heterocycles. The second kappa shape index (κ2) is 9.55. The van der Waals surface area contributed by atoms with Gasteiger partial charge in [0.2, 0.25) is 0 Å². The maximum absolute atomic E-state index is 12.5. The lowest BCUT2D eigenvalue weighted by atomic mass is 10.2. The smallest absolute Gasteiger partial charge is 0.272 e. The number of carbonyl (C=O) groups is 1. The molecule has 1 aromatic rings. The summed E-state index contributed by atoms with van der Waals surface area (Å²) in [4.78, 5) is 18.6. The van der Waals surface area contributed by atoms with E-state index in [1.807, 2.05) is 11.0 Å². The molecule has 2 heterocycles. The van der Waals surface area contributed by atoms with Gasteiger partial charge in [0, 0.05) is 29.8 Å². The number of carbonyl (C=O) groups excluding carboxylic acids is 1. The molecule has 1 fully saturated rings. The van der Waals surface area contributed by atoms with Crippen LogP contribution >= 0.6 is 40.7 Å². The molecule has 4 nitrogen and oxygen atoms in total. The summed E-state index contributed by atoms with van der Waals surface area (Å²) in [6.45, 7) is 4.77. The number of pyridine rings is 1. The fourth-order valence-corrected chi connectivity index (χ4v) is 2.48. The van der Waals surface area contributed by atoms with Crippen LogP contribution < -0.4 is 5.32 Å². The fraction of sp³-hybridized carbons (Fsp3) is 0.538. The maximum atomic E-state index is 12.5. The number of halogens is 3. The molecule has 2 rings (SSSR count). The molecule has 0 aromatic carbocycles. The average Bonchev–Trinajstić information content (AvgIpc) is 2.90. The minimum atomic E-state index is 0. The van der Waals surface area contributed by atoms with Crippen molar-refractivity contribution in [3.05, 3.63) is 28.5 Å². The molecule has 114 valence electrons. The molecule has 20 heavy (non-hydrogen) atoms. The van der Waals surface area contributed by atoms with Gasteiger partial charge >= 0.3 is 0 Å². The number of nitrogens with one attached hydrogen (secondary N) is 1. The van der Waals surface area contributed by atoms with Crippen LogP contribution in [0.5, 0.6) is 0 Å². The van der Waals surface area contributed by atoms with E-state index in [2.05, 4.69) is 33.2 Å². The van der Waals surface area contributed by atoms with Crippen molar-refractivity contribution >= 4 is 46.7 Å². The third-order valence-corrected chi connectivity index (χ3v) is 3.62. The Morgan fingerprint density at radius 1 is 1.50 bits per heavy atom. The largest absolute Gasteiger partial charge is 0.333 e. The predicted molar refractivity (Wildman–Crippen MR) is 89.0 cm³/mol. The maximum Gasteiger partial charge on any atom is 0.272 e. The van der Waals surface area contributed by atoms with Crippen LogP contribution in [0.1, 0.15) is 30.3 Å². The van der Waals surface area contributed by atoms with E-state index in [-0.39, 0.29) is 30.7 Å². The van der Waals surface area contributed by atoms with Gasteiger partial charge in [-0.3, -0.25) is 4.79 Å². The second-order valence-electron chi connectivity index (χ2n) is 4.51. The van der Waals surface area contributed by atoms with E-state index < -0.39 is 0 Å². The standard InChI is InChI=1S/C13H18BrN3O.2ClH/c1-2-7-17(11-5-6-15-9-11)13(18)12-4-3-10(14)8-16-12;;/h3-4,8,11,15H,2,5-7,9H2,1H3;2*1H. The third-order valence-electron chi connectivity index (χ3n) is 3.15. The topological polar surface area (TPSA) is 45.2 Å². The Balaban J connectivity index is 0.00000180. The van der Waals surface area contributed by atoms with Crippen LogP contribution in [0.3, 0.4) is 0 Å². The summed E-state index contributed by atoms with van der Waals surface area (Å²) in [7, 11) is 0. The molecule has 0 aliphatic carbocycles. The van der Waals surface area contributed by atoms with Crippen molar-refractivity contribution in [2.75, 3.05) is 19.6 Å². The van der Waals surface area contributed by atoms with E-state index in [1.165, 1.54) is 0 Å². The van der Waals surface area contributed by atoms with Crippen LogP contribution in [0.4, 0.5) is 0 Å². The number of hydrogen-bond donors (Lipinski definition) is 1. The lowest BCUT2D eigenvalue weighted by molar-refractivity contribution is 0.0686. The van der Waals surface area contributed by atoms with E-state index in [0.717, 1.165) is 36.9 Å². The molecular weight excluding hydrogens is 365 g/mol. The van der Waals surface area contributed by atoms with Gasteiger partial charge < -0.3 is 10.2 Å². The molecule has 0 bridgehead atoms. The molecule has 1 saturated heterocycles. The quantitative estimate of drug-likeness (QED) is 0.867. The number of rotatable bonds is 4. The molecule has 1 amide bonds. The van der Waals surface area contributed by atoms with E-state index >= 15 is 0 Å². The first-order valence-corrected chi connectivity index (χ1v) is 7.15. The van der Waals surface area contributed by atoms with Crippen molar-refractivity contribution in [1.82, 2.24) is 15.2 Å². The monoisotopic (exact) mass is 383 g/mol. The summed E-state index contributed by atoms with van der Waals surface area (Å²) < 4.78 is 0.892. The van der Waals surface area contributed by atoms with E-state index in [0.29, 0.717) is 11.7 Å². The summed E-state index contributed by atoms with van der Waals surface area (Å²) in [6, 6.07) is 3.94. The second-order valence-corrected chi connectivity index (χ2v) is 5.42. The van der Waals surface area contributed by atoms with Crippen LogP contribution in [0.15, 0.2) is 22.8 Å². The minimum Gasteiger partial charge on any atom is -0.333 e. The summed E-state index contributed by atoms with van der Waals surface area (Å²) >= 11 is 3.33. The van der Waals surface area contributed by atoms with Gasteiger partial charge in [0.1, 0.15) is 5.69 Å². The summed E-state index contributed by atoms with van der Waals surface area (Å²) in [5, 5.41) is 3.30. The van der Waals surface area contributed by atoms with Crippen molar-refractivity contribution in [3.8, 4) is 0 Å². The normalized spacial score (nSPS) is 17.0. The number of hydrogen-bond acceptors (Lipinski definition) is 3. The van der Waals surface area contributed by atoms with Gasteiger partial charge in [0.05, 0.1) is 0 Å². The van der Waals surface area contributed by atoms with Crippen LogP contribution in [0.25, 0.3) is 0 Å². The summed E-state index contributed by atoms with van der Waals surface area (Å²) in [6.07, 6.45) is 3.67. The molecular formula is C13H20BrCl2N3O. The van der Waals surface area contributed by atoms with Crippen molar-refractivity contribution in [3.63, 3.8) is 0 Å². The molecule has 0 saturated carbocycles. The van der Waals surface area contributed by atoms with Crippen LogP contribution in [0.2, 0.25) is 0 Å². The van der Waals surface area contributed by atoms with Gasteiger partial charge in [-0.2, -0.15) is 0 Å². The molecule has 0 spiro atoms. The van der Waals surface area contributed by atoms with Gasteiger partial charge in [0.15, 0.2) is 0 Å². The number of nitrogens with zero attached hydrogens (tertiary/aromatic N) is 2. The van der Waals surface area contributed by atoms with Crippen molar-refractivity contribution in [2.45, 2.75) is 25.8 Å². The minimum absolute atomic E-state index is 0. The average molecular weight is 385 g/mol. The highest BCUT2D eigenvalue weighted by molar-refractivity contribution is 9.10. The van der Waals surface area contributed by atoms with E-state index in [1.54, 1.807) is 12.3 Å². The Kier molecular flexibility index (Phi) is 9.38. The Hall–Kier alpha value is -0.360.